The topological polar surface area (TPSA) is 149 Å². The molecule has 0 radical (unpaired) electrons. The SMILES string of the molecule is COc1ccccc1NC(=O)COc1ccccc1-c1nc(N)nc(N)c1C#N. The minimum atomic E-state index is -0.383. The van der Waals surface area contributed by atoms with Crippen molar-refractivity contribution in [1.82, 2.24) is 9.97 Å². The number of nitrogens with zero attached hydrogens (tertiary/aromatic N) is 3. The molecule has 5 N–H and O–H groups in total. The summed E-state index contributed by atoms with van der Waals surface area (Å²) in [6.07, 6.45) is 0. The number of para-hydroxylation sites is 3. The number of carbonyl (C=O) groups excluding carboxylic acids is 1. The van der Waals surface area contributed by atoms with E-state index in [0.717, 1.165) is 0 Å². The fraction of sp³-hybridized carbons (Fsp3) is 0.100. The van der Waals surface area contributed by atoms with Gasteiger partial charge in [-0.05, 0) is 24.3 Å². The van der Waals surface area contributed by atoms with Crippen LogP contribution in [0, 0.1) is 11.3 Å². The fourth-order valence-corrected chi connectivity index (χ4v) is 2.67. The number of benzene rings is 2. The lowest BCUT2D eigenvalue weighted by atomic mass is 10.1. The summed E-state index contributed by atoms with van der Waals surface area (Å²) in [5.41, 5.74) is 12.8. The second-order valence-electron chi connectivity index (χ2n) is 5.84. The van der Waals surface area contributed by atoms with Gasteiger partial charge in [0.15, 0.2) is 6.61 Å². The van der Waals surface area contributed by atoms with Gasteiger partial charge in [-0.1, -0.05) is 24.3 Å². The third kappa shape index (κ3) is 4.33. The quantitative estimate of drug-likeness (QED) is 0.580. The molecule has 146 valence electrons. The molecule has 0 saturated carbocycles. The van der Waals surface area contributed by atoms with Gasteiger partial charge in [0.05, 0.1) is 18.5 Å². The number of hydrogen-bond donors (Lipinski definition) is 3. The van der Waals surface area contributed by atoms with Crippen molar-refractivity contribution >= 4 is 23.4 Å². The molecule has 0 saturated heterocycles. The van der Waals surface area contributed by atoms with Crippen molar-refractivity contribution in [3.63, 3.8) is 0 Å². The van der Waals surface area contributed by atoms with Gasteiger partial charge in [-0.15, -0.1) is 0 Å². The lowest BCUT2D eigenvalue weighted by Crippen LogP contribution is -2.20. The maximum absolute atomic E-state index is 12.3. The lowest BCUT2D eigenvalue weighted by Gasteiger charge is -2.14. The highest BCUT2D eigenvalue weighted by Gasteiger charge is 2.17. The number of anilines is 3. The van der Waals surface area contributed by atoms with Gasteiger partial charge < -0.3 is 26.3 Å². The Morgan fingerprint density at radius 2 is 1.79 bits per heavy atom. The molecule has 29 heavy (non-hydrogen) atoms. The summed E-state index contributed by atoms with van der Waals surface area (Å²) in [7, 11) is 1.52. The second kappa shape index (κ2) is 8.58. The minimum absolute atomic E-state index is 0.0290. The molecule has 0 bridgehead atoms. The monoisotopic (exact) mass is 390 g/mol. The number of carbonyl (C=O) groups is 1. The highest BCUT2D eigenvalue weighted by Crippen LogP contribution is 2.33. The van der Waals surface area contributed by atoms with Crippen molar-refractivity contribution in [2.75, 3.05) is 30.5 Å². The number of hydrogen-bond acceptors (Lipinski definition) is 8. The predicted octanol–water partition coefficient (Wildman–Crippen LogP) is 2.21. The zero-order chi connectivity index (χ0) is 20.8. The van der Waals surface area contributed by atoms with Gasteiger partial charge in [0.2, 0.25) is 5.95 Å². The second-order valence-corrected chi connectivity index (χ2v) is 5.84. The van der Waals surface area contributed by atoms with Crippen molar-refractivity contribution in [3.8, 4) is 28.8 Å². The fourth-order valence-electron chi connectivity index (χ4n) is 2.67. The Morgan fingerprint density at radius 1 is 1.10 bits per heavy atom. The molecule has 1 aromatic heterocycles. The van der Waals surface area contributed by atoms with E-state index in [1.807, 2.05) is 6.07 Å². The average molecular weight is 390 g/mol. The summed E-state index contributed by atoms with van der Waals surface area (Å²) in [6, 6.07) is 15.8. The van der Waals surface area contributed by atoms with Crippen LogP contribution in [0.25, 0.3) is 11.3 Å². The molecule has 0 aliphatic carbocycles. The Labute approximate surface area is 166 Å². The number of amides is 1. The lowest BCUT2D eigenvalue weighted by molar-refractivity contribution is -0.118. The van der Waals surface area contributed by atoms with Gasteiger partial charge in [-0.25, -0.2) is 4.98 Å². The summed E-state index contributed by atoms with van der Waals surface area (Å²) in [5.74, 6) is 0.397. The number of methoxy groups -OCH3 is 1. The van der Waals surface area contributed by atoms with Crippen LogP contribution in [0.1, 0.15) is 5.56 Å². The first-order valence-corrected chi connectivity index (χ1v) is 8.51. The van der Waals surface area contributed by atoms with Crippen LogP contribution in [0.5, 0.6) is 11.5 Å². The van der Waals surface area contributed by atoms with E-state index in [2.05, 4.69) is 15.3 Å². The zero-order valence-corrected chi connectivity index (χ0v) is 15.5. The van der Waals surface area contributed by atoms with E-state index in [0.29, 0.717) is 22.7 Å². The predicted molar refractivity (Wildman–Crippen MR) is 108 cm³/mol. The summed E-state index contributed by atoms with van der Waals surface area (Å²) >= 11 is 0. The van der Waals surface area contributed by atoms with E-state index in [4.69, 9.17) is 20.9 Å². The van der Waals surface area contributed by atoms with Crippen LogP contribution >= 0.6 is 0 Å². The highest BCUT2D eigenvalue weighted by atomic mass is 16.5. The standard InChI is InChI=1S/C20H18N6O3/c1-28-16-9-5-3-7-14(16)24-17(27)11-29-15-8-4-2-6-12(15)18-13(10-21)19(22)26-20(23)25-18/h2-9H,11H2,1H3,(H,24,27)(H4,22,23,25,26). The number of ether oxygens (including phenoxy) is 2. The van der Waals surface area contributed by atoms with Crippen LogP contribution < -0.4 is 26.3 Å². The number of nitrogens with two attached hydrogens (primary N) is 2. The molecule has 0 aliphatic rings. The molecule has 3 aromatic rings. The van der Waals surface area contributed by atoms with Crippen LogP contribution in [-0.2, 0) is 4.79 Å². The number of rotatable bonds is 6. The van der Waals surface area contributed by atoms with Crippen molar-refractivity contribution in [2.45, 2.75) is 0 Å². The van der Waals surface area contributed by atoms with E-state index in [9.17, 15) is 10.1 Å². The van der Waals surface area contributed by atoms with Crippen LogP contribution in [0.2, 0.25) is 0 Å². The Hall–Kier alpha value is -4.32. The molecule has 9 nitrogen and oxygen atoms in total. The molecule has 3 rings (SSSR count). The molecular weight excluding hydrogens is 372 g/mol. The van der Waals surface area contributed by atoms with Crippen molar-refractivity contribution in [3.05, 3.63) is 54.1 Å². The van der Waals surface area contributed by atoms with Crippen LogP contribution in [-0.4, -0.2) is 29.6 Å². The summed E-state index contributed by atoms with van der Waals surface area (Å²) < 4.78 is 10.9. The van der Waals surface area contributed by atoms with Gasteiger partial charge in [0.1, 0.15) is 28.9 Å². The molecular formula is C20H18N6O3. The summed E-state index contributed by atoms with van der Waals surface area (Å²) in [4.78, 5) is 20.2. The van der Waals surface area contributed by atoms with Crippen LogP contribution in [0.4, 0.5) is 17.5 Å². The molecule has 2 aromatic carbocycles. The van der Waals surface area contributed by atoms with E-state index in [1.54, 1.807) is 48.5 Å². The maximum atomic E-state index is 12.3. The highest BCUT2D eigenvalue weighted by molar-refractivity contribution is 5.93. The van der Waals surface area contributed by atoms with Crippen molar-refractivity contribution < 1.29 is 14.3 Å². The molecule has 0 spiro atoms. The first-order valence-electron chi connectivity index (χ1n) is 8.51. The zero-order valence-electron chi connectivity index (χ0n) is 15.5. The summed E-state index contributed by atoms with van der Waals surface area (Å²) in [6.45, 7) is -0.271. The number of aromatic nitrogens is 2. The van der Waals surface area contributed by atoms with E-state index >= 15 is 0 Å². The maximum Gasteiger partial charge on any atom is 0.262 e. The first-order chi connectivity index (χ1) is 14.0. The molecule has 1 amide bonds. The van der Waals surface area contributed by atoms with Crippen molar-refractivity contribution in [2.24, 2.45) is 0 Å². The van der Waals surface area contributed by atoms with Crippen LogP contribution in [0.3, 0.4) is 0 Å². The van der Waals surface area contributed by atoms with Crippen molar-refractivity contribution in [1.29, 1.82) is 5.26 Å². The summed E-state index contributed by atoms with van der Waals surface area (Å²) in [5, 5.41) is 12.1. The van der Waals surface area contributed by atoms with E-state index < -0.39 is 0 Å². The van der Waals surface area contributed by atoms with Gasteiger partial charge >= 0.3 is 0 Å². The molecule has 0 atom stereocenters. The van der Waals surface area contributed by atoms with E-state index in [-0.39, 0.29) is 35.5 Å². The van der Waals surface area contributed by atoms with Gasteiger partial charge in [0, 0.05) is 5.56 Å². The largest absolute Gasteiger partial charge is 0.495 e. The Balaban J connectivity index is 1.82. The Morgan fingerprint density at radius 3 is 2.52 bits per heavy atom. The smallest absolute Gasteiger partial charge is 0.262 e. The first kappa shape index (κ1) is 19.4. The van der Waals surface area contributed by atoms with Gasteiger partial charge in [0.25, 0.3) is 5.91 Å². The number of nitriles is 1. The molecule has 0 fully saturated rings. The van der Waals surface area contributed by atoms with Gasteiger partial charge in [-0.3, -0.25) is 4.79 Å². The number of nitrogens with one attached hydrogen (secondary N) is 1. The minimum Gasteiger partial charge on any atom is -0.495 e. The third-order valence-corrected chi connectivity index (χ3v) is 3.95. The number of nitrogen functional groups attached to an aromatic ring is 2. The van der Waals surface area contributed by atoms with E-state index in [1.165, 1.54) is 7.11 Å². The Kier molecular flexibility index (Phi) is 5.75. The molecule has 0 unspecified atom stereocenters. The Bertz CT molecular complexity index is 1090. The van der Waals surface area contributed by atoms with Crippen LogP contribution in [0.15, 0.2) is 48.5 Å². The molecule has 0 aliphatic heterocycles. The molecule has 1 heterocycles. The third-order valence-electron chi connectivity index (χ3n) is 3.95. The normalized spacial score (nSPS) is 10.1. The van der Waals surface area contributed by atoms with Gasteiger partial charge in [-0.2, -0.15) is 10.2 Å². The average Bonchev–Trinajstić information content (AvgIpc) is 2.72. The molecule has 9 heteroatoms.